The zero-order valence-electron chi connectivity index (χ0n) is 13.7. The fraction of sp³-hybridized carbons (Fsp3) is 0.333. The van der Waals surface area contributed by atoms with Gasteiger partial charge in [0.15, 0.2) is 11.5 Å². The van der Waals surface area contributed by atoms with Crippen molar-refractivity contribution in [2.75, 3.05) is 7.11 Å². The molecule has 2 heteroatoms. The van der Waals surface area contributed by atoms with Crippen LogP contribution in [-0.4, -0.2) is 13.2 Å². The first-order chi connectivity index (χ1) is 11.3. The molecule has 1 atom stereocenters. The third-order valence-corrected chi connectivity index (χ3v) is 4.54. The lowest BCUT2D eigenvalue weighted by molar-refractivity contribution is 0.200. The molecular weight excluding hydrogens is 284 g/mol. The fourth-order valence-electron chi connectivity index (χ4n) is 3.29. The highest BCUT2D eigenvalue weighted by Crippen LogP contribution is 2.36. The average molecular weight is 308 g/mol. The summed E-state index contributed by atoms with van der Waals surface area (Å²) in [5.41, 5.74) is 2.42. The lowest BCUT2D eigenvalue weighted by Gasteiger charge is -2.19. The van der Waals surface area contributed by atoms with Crippen LogP contribution in [0.15, 0.2) is 61.2 Å². The minimum absolute atomic E-state index is 0.160. The molecule has 1 aliphatic rings. The molecule has 2 aromatic carbocycles. The van der Waals surface area contributed by atoms with Crippen molar-refractivity contribution < 1.29 is 9.47 Å². The van der Waals surface area contributed by atoms with Crippen molar-refractivity contribution in [1.82, 2.24) is 0 Å². The number of hydrogen-bond acceptors (Lipinski definition) is 2. The first kappa shape index (κ1) is 15.7. The summed E-state index contributed by atoms with van der Waals surface area (Å²) in [6.45, 7) is 4.02. The number of methoxy groups -OCH3 is 1. The van der Waals surface area contributed by atoms with Gasteiger partial charge < -0.3 is 9.47 Å². The third kappa shape index (κ3) is 3.58. The topological polar surface area (TPSA) is 18.5 Å². The zero-order chi connectivity index (χ0) is 16.1. The monoisotopic (exact) mass is 308 g/mol. The van der Waals surface area contributed by atoms with Gasteiger partial charge >= 0.3 is 0 Å². The van der Waals surface area contributed by atoms with Crippen LogP contribution >= 0.6 is 0 Å². The maximum atomic E-state index is 6.21. The quantitative estimate of drug-likeness (QED) is 0.671. The van der Waals surface area contributed by atoms with E-state index in [0.717, 1.165) is 24.3 Å². The number of allylic oxidation sites excluding steroid dienone is 1. The highest BCUT2D eigenvalue weighted by molar-refractivity contribution is 5.47. The standard InChI is InChI=1S/C21H24O2/c1-3-19(16-9-5-4-6-10-16)17-13-14-20(22-2)21(15-17)23-18-11-7-8-12-18/h3-6,9-10,13-15,18-19H,1,7-8,11-12H2,2H3. The Kier molecular flexibility index (Phi) is 5.02. The van der Waals surface area contributed by atoms with Gasteiger partial charge in [0.05, 0.1) is 13.2 Å². The molecule has 1 saturated carbocycles. The van der Waals surface area contributed by atoms with Gasteiger partial charge in [-0.25, -0.2) is 0 Å². The van der Waals surface area contributed by atoms with E-state index in [2.05, 4.69) is 43.0 Å². The van der Waals surface area contributed by atoms with Crippen LogP contribution in [0.5, 0.6) is 11.5 Å². The number of rotatable bonds is 6. The van der Waals surface area contributed by atoms with E-state index in [1.807, 2.05) is 18.2 Å². The van der Waals surface area contributed by atoms with Crippen molar-refractivity contribution in [1.29, 1.82) is 0 Å². The molecule has 0 heterocycles. The van der Waals surface area contributed by atoms with Crippen LogP contribution in [0.4, 0.5) is 0 Å². The number of ether oxygens (including phenoxy) is 2. The van der Waals surface area contributed by atoms with Crippen LogP contribution in [0.3, 0.4) is 0 Å². The van der Waals surface area contributed by atoms with E-state index in [9.17, 15) is 0 Å². The molecule has 3 rings (SSSR count). The van der Waals surface area contributed by atoms with Crippen LogP contribution in [0.1, 0.15) is 42.7 Å². The van der Waals surface area contributed by atoms with Crippen molar-refractivity contribution in [2.24, 2.45) is 0 Å². The van der Waals surface area contributed by atoms with E-state index in [4.69, 9.17) is 9.47 Å². The average Bonchev–Trinajstić information content (AvgIpc) is 3.10. The summed E-state index contributed by atoms with van der Waals surface area (Å²) in [5.74, 6) is 1.81. The van der Waals surface area contributed by atoms with Crippen LogP contribution in [-0.2, 0) is 0 Å². The summed E-state index contributed by atoms with van der Waals surface area (Å²) >= 11 is 0. The molecule has 2 nitrogen and oxygen atoms in total. The summed E-state index contributed by atoms with van der Waals surface area (Å²) < 4.78 is 11.7. The third-order valence-electron chi connectivity index (χ3n) is 4.54. The Balaban J connectivity index is 1.91. The molecule has 1 aliphatic carbocycles. The van der Waals surface area contributed by atoms with Gasteiger partial charge in [-0.2, -0.15) is 0 Å². The number of benzene rings is 2. The fourth-order valence-corrected chi connectivity index (χ4v) is 3.29. The van der Waals surface area contributed by atoms with Crippen LogP contribution in [0.2, 0.25) is 0 Å². The summed E-state index contributed by atoms with van der Waals surface area (Å²) in [6.07, 6.45) is 7.08. The second-order valence-corrected chi connectivity index (χ2v) is 6.06. The Labute approximate surface area is 138 Å². The smallest absolute Gasteiger partial charge is 0.161 e. The van der Waals surface area contributed by atoms with Crippen molar-refractivity contribution in [3.8, 4) is 11.5 Å². The van der Waals surface area contributed by atoms with Crippen molar-refractivity contribution in [3.05, 3.63) is 72.3 Å². The van der Waals surface area contributed by atoms with Gasteiger partial charge in [-0.05, 0) is 48.9 Å². The Morgan fingerprint density at radius 1 is 1.00 bits per heavy atom. The van der Waals surface area contributed by atoms with Crippen LogP contribution in [0.25, 0.3) is 0 Å². The molecule has 0 aromatic heterocycles. The first-order valence-electron chi connectivity index (χ1n) is 8.34. The Morgan fingerprint density at radius 3 is 2.39 bits per heavy atom. The molecule has 0 N–H and O–H groups in total. The predicted molar refractivity (Wildman–Crippen MR) is 94.4 cm³/mol. The summed E-state index contributed by atoms with van der Waals surface area (Å²) in [7, 11) is 1.69. The van der Waals surface area contributed by atoms with Crippen molar-refractivity contribution in [2.45, 2.75) is 37.7 Å². The maximum absolute atomic E-state index is 6.21. The van der Waals surface area contributed by atoms with E-state index in [1.165, 1.54) is 24.0 Å². The molecule has 0 amide bonds. The second kappa shape index (κ2) is 7.36. The molecule has 120 valence electrons. The molecule has 0 radical (unpaired) electrons. The Bertz CT molecular complexity index is 642. The van der Waals surface area contributed by atoms with Gasteiger partial charge in [-0.3, -0.25) is 0 Å². The molecule has 23 heavy (non-hydrogen) atoms. The summed E-state index contributed by atoms with van der Waals surface area (Å²) in [4.78, 5) is 0. The SMILES string of the molecule is C=CC(c1ccccc1)c1ccc(OC)c(OC2CCCC2)c1. The van der Waals surface area contributed by atoms with E-state index in [1.54, 1.807) is 7.11 Å². The van der Waals surface area contributed by atoms with Crippen molar-refractivity contribution >= 4 is 0 Å². The predicted octanol–water partition coefficient (Wildman–Crippen LogP) is 5.33. The molecular formula is C21H24O2. The highest BCUT2D eigenvalue weighted by Gasteiger charge is 2.20. The van der Waals surface area contributed by atoms with Crippen molar-refractivity contribution in [3.63, 3.8) is 0 Å². The van der Waals surface area contributed by atoms with Crippen LogP contribution in [0, 0.1) is 0 Å². The maximum Gasteiger partial charge on any atom is 0.161 e. The summed E-state index contributed by atoms with van der Waals surface area (Å²) in [5, 5.41) is 0. The Hall–Kier alpha value is -2.22. The van der Waals surface area contributed by atoms with E-state index in [0.29, 0.717) is 6.10 Å². The van der Waals surface area contributed by atoms with Gasteiger partial charge in [-0.1, -0.05) is 42.5 Å². The first-order valence-corrected chi connectivity index (χ1v) is 8.34. The Morgan fingerprint density at radius 2 is 1.74 bits per heavy atom. The summed E-state index contributed by atoms with van der Waals surface area (Å²) in [6, 6.07) is 16.6. The van der Waals surface area contributed by atoms with Gasteiger partial charge in [0.2, 0.25) is 0 Å². The molecule has 0 saturated heterocycles. The largest absolute Gasteiger partial charge is 0.493 e. The second-order valence-electron chi connectivity index (χ2n) is 6.06. The van der Waals surface area contributed by atoms with Crippen LogP contribution < -0.4 is 9.47 Å². The van der Waals surface area contributed by atoms with E-state index >= 15 is 0 Å². The molecule has 0 aliphatic heterocycles. The lowest BCUT2D eigenvalue weighted by Crippen LogP contribution is -2.12. The normalized spacial score (nSPS) is 16.0. The molecule has 1 unspecified atom stereocenters. The van der Waals surface area contributed by atoms with Gasteiger partial charge in [0, 0.05) is 5.92 Å². The highest BCUT2D eigenvalue weighted by atomic mass is 16.5. The lowest BCUT2D eigenvalue weighted by atomic mass is 9.91. The molecule has 1 fully saturated rings. The molecule has 0 bridgehead atoms. The van der Waals surface area contributed by atoms with Gasteiger partial charge in [-0.15, -0.1) is 6.58 Å². The minimum Gasteiger partial charge on any atom is -0.493 e. The zero-order valence-corrected chi connectivity index (χ0v) is 13.7. The van der Waals surface area contributed by atoms with E-state index < -0.39 is 0 Å². The van der Waals surface area contributed by atoms with Gasteiger partial charge in [0.1, 0.15) is 0 Å². The molecule has 2 aromatic rings. The van der Waals surface area contributed by atoms with E-state index in [-0.39, 0.29) is 5.92 Å². The van der Waals surface area contributed by atoms with Gasteiger partial charge in [0.25, 0.3) is 0 Å². The minimum atomic E-state index is 0.160. The number of hydrogen-bond donors (Lipinski definition) is 0. The molecule has 0 spiro atoms.